The maximum Gasteiger partial charge on any atom is 0.233 e. The van der Waals surface area contributed by atoms with Gasteiger partial charge in [0.1, 0.15) is 11.4 Å². The predicted molar refractivity (Wildman–Crippen MR) is 103 cm³/mol. The van der Waals surface area contributed by atoms with Gasteiger partial charge >= 0.3 is 0 Å². The highest BCUT2D eigenvalue weighted by atomic mass is 16.5. The van der Waals surface area contributed by atoms with Crippen LogP contribution in [0.15, 0.2) is 86.2 Å². The van der Waals surface area contributed by atoms with Crippen LogP contribution < -0.4 is 0 Å². The van der Waals surface area contributed by atoms with Crippen LogP contribution in [0, 0.1) is 0 Å². The summed E-state index contributed by atoms with van der Waals surface area (Å²) in [5, 5.41) is 17.1. The maximum absolute atomic E-state index is 5.61. The van der Waals surface area contributed by atoms with Gasteiger partial charge in [-0.05, 0) is 13.2 Å². The van der Waals surface area contributed by atoms with Crippen molar-refractivity contribution in [3.05, 3.63) is 86.2 Å². The smallest absolute Gasteiger partial charge is 0.233 e. The number of hydrogen-bond acceptors (Lipinski definition) is 5. The number of hydrogen-bond donors (Lipinski definition) is 0. The van der Waals surface area contributed by atoms with Crippen LogP contribution in [0.4, 0.5) is 0 Å². The van der Waals surface area contributed by atoms with E-state index < -0.39 is 0 Å². The molecule has 2 aromatic carbocycles. The highest BCUT2D eigenvalue weighted by Crippen LogP contribution is 2.19. The Morgan fingerprint density at radius 2 is 1.07 bits per heavy atom. The van der Waals surface area contributed by atoms with Crippen molar-refractivity contribution in [2.45, 2.75) is 0 Å². The molecule has 4 rings (SSSR count). The molecule has 7 heteroatoms. The minimum absolute atomic E-state index is 0.195. The third-order valence-electron chi connectivity index (χ3n) is 3.80. The van der Waals surface area contributed by atoms with Crippen LogP contribution in [0.1, 0.15) is 0 Å². The molecule has 0 fully saturated rings. The summed E-state index contributed by atoms with van der Waals surface area (Å²) in [6.07, 6.45) is 3.29. The summed E-state index contributed by atoms with van der Waals surface area (Å²) >= 11 is 0. The van der Waals surface area contributed by atoms with Crippen molar-refractivity contribution >= 4 is 11.8 Å². The van der Waals surface area contributed by atoms with Gasteiger partial charge < -0.3 is 4.74 Å². The zero-order valence-corrected chi connectivity index (χ0v) is 14.4. The van der Waals surface area contributed by atoms with Gasteiger partial charge in [-0.1, -0.05) is 60.7 Å². The third-order valence-corrected chi connectivity index (χ3v) is 3.80. The number of aromatic nitrogens is 6. The molecule has 0 spiro atoms. The molecule has 2 aromatic heterocycles. The fraction of sp³-hybridized carbons (Fsp3) is 0. The molecule has 27 heavy (non-hydrogen) atoms. The number of ether oxygens (including phenoxy) is 1. The van der Waals surface area contributed by atoms with Gasteiger partial charge in [-0.3, -0.25) is 0 Å². The number of rotatable bonds is 6. The van der Waals surface area contributed by atoms with Gasteiger partial charge in [0, 0.05) is 11.1 Å². The molecule has 0 N–H and O–H groups in total. The van der Waals surface area contributed by atoms with Crippen LogP contribution >= 0.6 is 0 Å². The lowest BCUT2D eigenvalue weighted by molar-refractivity contribution is 0.372. The van der Waals surface area contributed by atoms with Crippen molar-refractivity contribution < 1.29 is 4.74 Å². The molecule has 0 unspecified atom stereocenters. The maximum atomic E-state index is 5.61. The lowest BCUT2D eigenvalue weighted by Gasteiger charge is -2.08. The molecule has 0 saturated carbocycles. The normalized spacial score (nSPS) is 10.5. The molecule has 132 valence electrons. The van der Waals surface area contributed by atoms with E-state index in [-0.39, 0.29) is 11.8 Å². The molecule has 0 amide bonds. The first-order valence-electron chi connectivity index (χ1n) is 8.22. The van der Waals surface area contributed by atoms with E-state index in [1.54, 1.807) is 12.4 Å². The first-order valence-corrected chi connectivity index (χ1v) is 8.22. The van der Waals surface area contributed by atoms with Gasteiger partial charge in [0.2, 0.25) is 11.8 Å². The van der Waals surface area contributed by atoms with Gasteiger partial charge in [0.05, 0.1) is 12.4 Å². The first kappa shape index (κ1) is 16.5. The fourth-order valence-electron chi connectivity index (χ4n) is 2.47. The predicted octanol–water partition coefficient (Wildman–Crippen LogP) is 3.78. The first-order chi connectivity index (χ1) is 13.2. The zero-order valence-electron chi connectivity index (χ0n) is 14.4. The molecule has 0 aliphatic rings. The molecule has 0 saturated heterocycles. The van der Waals surface area contributed by atoms with E-state index in [2.05, 4.69) is 33.6 Å². The van der Waals surface area contributed by atoms with Crippen molar-refractivity contribution in [2.24, 2.45) is 0 Å². The standard InChI is InChI=1S/C20H16N6O/c1-15(25-21-13-19(23-25)17-9-5-3-6-10-17)27-16(2)26-22-14-20(24-26)18-11-7-4-8-12-18/h3-14H,1-2H2. The van der Waals surface area contributed by atoms with E-state index in [0.29, 0.717) is 0 Å². The third kappa shape index (κ3) is 3.52. The van der Waals surface area contributed by atoms with E-state index >= 15 is 0 Å². The van der Waals surface area contributed by atoms with E-state index in [0.717, 1.165) is 22.5 Å². The molecule has 2 heterocycles. The van der Waals surface area contributed by atoms with Crippen LogP contribution in [0.3, 0.4) is 0 Å². The molecule has 0 bridgehead atoms. The molecular formula is C20H16N6O. The SMILES string of the molecule is C=C(OC(=C)n1ncc(-c2ccccc2)n1)n1ncc(-c2ccccc2)n1. The van der Waals surface area contributed by atoms with Gasteiger partial charge in [-0.2, -0.15) is 10.2 Å². The van der Waals surface area contributed by atoms with Gasteiger partial charge in [0.15, 0.2) is 0 Å². The van der Waals surface area contributed by atoms with Crippen LogP contribution in [0.5, 0.6) is 0 Å². The Hall–Kier alpha value is -4.00. The Balaban J connectivity index is 1.46. The molecule has 0 aliphatic heterocycles. The Bertz CT molecular complexity index is 994. The van der Waals surface area contributed by atoms with E-state index in [1.807, 2.05) is 60.7 Å². The fourth-order valence-corrected chi connectivity index (χ4v) is 2.47. The lowest BCUT2D eigenvalue weighted by atomic mass is 10.2. The van der Waals surface area contributed by atoms with Crippen LogP contribution in [0.2, 0.25) is 0 Å². The highest BCUT2D eigenvalue weighted by Gasteiger charge is 2.11. The average molecular weight is 356 g/mol. The minimum atomic E-state index is 0.195. The van der Waals surface area contributed by atoms with Gasteiger partial charge in [-0.15, -0.1) is 19.8 Å². The van der Waals surface area contributed by atoms with Crippen molar-refractivity contribution in [1.82, 2.24) is 30.0 Å². The second kappa shape index (κ2) is 7.09. The van der Waals surface area contributed by atoms with Crippen molar-refractivity contribution in [3.63, 3.8) is 0 Å². The average Bonchev–Trinajstić information content (AvgIpc) is 3.39. The summed E-state index contributed by atoms with van der Waals surface area (Å²) in [7, 11) is 0. The molecule has 0 aliphatic carbocycles. The Morgan fingerprint density at radius 1 is 0.667 bits per heavy atom. The quantitative estimate of drug-likeness (QED) is 0.492. The minimum Gasteiger partial charge on any atom is -0.419 e. The molecule has 7 nitrogen and oxygen atoms in total. The van der Waals surface area contributed by atoms with Crippen molar-refractivity contribution in [3.8, 4) is 22.5 Å². The second-order valence-corrected chi connectivity index (χ2v) is 5.66. The molecular weight excluding hydrogens is 340 g/mol. The Labute approximate surface area is 155 Å². The summed E-state index contributed by atoms with van der Waals surface area (Å²) in [5.41, 5.74) is 3.34. The molecule has 0 atom stereocenters. The van der Waals surface area contributed by atoms with Crippen LogP contribution in [-0.4, -0.2) is 30.0 Å². The van der Waals surface area contributed by atoms with Crippen molar-refractivity contribution in [1.29, 1.82) is 0 Å². The summed E-state index contributed by atoms with van der Waals surface area (Å²) in [6.45, 7) is 7.70. The summed E-state index contributed by atoms with van der Waals surface area (Å²) in [4.78, 5) is 2.60. The monoisotopic (exact) mass is 356 g/mol. The Kier molecular flexibility index (Phi) is 4.32. The van der Waals surface area contributed by atoms with Gasteiger partial charge in [-0.25, -0.2) is 0 Å². The van der Waals surface area contributed by atoms with E-state index in [4.69, 9.17) is 4.74 Å². The molecule has 0 radical (unpaired) electrons. The summed E-state index contributed by atoms with van der Waals surface area (Å²) in [5.74, 6) is 0.390. The zero-order chi connectivity index (χ0) is 18.6. The summed E-state index contributed by atoms with van der Waals surface area (Å²) in [6, 6.07) is 19.5. The van der Waals surface area contributed by atoms with Gasteiger partial charge in [0.25, 0.3) is 0 Å². The van der Waals surface area contributed by atoms with Crippen LogP contribution in [0.25, 0.3) is 34.3 Å². The number of nitrogens with zero attached hydrogens (tertiary/aromatic N) is 6. The lowest BCUT2D eigenvalue weighted by Crippen LogP contribution is -2.08. The largest absolute Gasteiger partial charge is 0.419 e. The van der Waals surface area contributed by atoms with E-state index in [1.165, 1.54) is 9.59 Å². The molecule has 4 aromatic rings. The number of benzene rings is 2. The van der Waals surface area contributed by atoms with Crippen LogP contribution in [-0.2, 0) is 4.74 Å². The van der Waals surface area contributed by atoms with Crippen molar-refractivity contribution in [2.75, 3.05) is 0 Å². The topological polar surface area (TPSA) is 70.7 Å². The second-order valence-electron chi connectivity index (χ2n) is 5.66. The summed E-state index contributed by atoms with van der Waals surface area (Å²) < 4.78 is 5.61. The highest BCUT2D eigenvalue weighted by molar-refractivity contribution is 5.59. The van der Waals surface area contributed by atoms with E-state index in [9.17, 15) is 0 Å². The Morgan fingerprint density at radius 3 is 1.48 bits per heavy atom.